The first-order valence-corrected chi connectivity index (χ1v) is 12.5. The van der Waals surface area contributed by atoms with Crippen molar-refractivity contribution in [1.29, 1.82) is 0 Å². The molecule has 5 rings (SSSR count). The predicted molar refractivity (Wildman–Crippen MR) is 135 cm³/mol. The second-order valence-corrected chi connectivity index (χ2v) is 9.73. The van der Waals surface area contributed by atoms with Gasteiger partial charge in [0.05, 0.1) is 7.11 Å². The number of allylic oxidation sites excluding steroid dienone is 1. The molecule has 0 amide bonds. The summed E-state index contributed by atoms with van der Waals surface area (Å²) in [5.74, 6) is -0.209. The van der Waals surface area contributed by atoms with E-state index in [9.17, 15) is 14.3 Å². The second-order valence-electron chi connectivity index (χ2n) is 9.73. The van der Waals surface area contributed by atoms with Crippen molar-refractivity contribution in [2.45, 2.75) is 63.5 Å². The van der Waals surface area contributed by atoms with Gasteiger partial charge in [-0.2, -0.15) is 0 Å². The highest BCUT2D eigenvalue weighted by Gasteiger charge is 2.31. The molecule has 0 saturated heterocycles. The Balaban J connectivity index is 1.36. The number of aromatic amines is 1. The van der Waals surface area contributed by atoms with Crippen molar-refractivity contribution in [3.05, 3.63) is 54.1 Å². The summed E-state index contributed by atoms with van der Waals surface area (Å²) in [7, 11) is 1.58. The molecule has 0 bridgehead atoms. The maximum atomic E-state index is 14.0. The van der Waals surface area contributed by atoms with Crippen molar-refractivity contribution < 1.29 is 19.0 Å². The van der Waals surface area contributed by atoms with E-state index in [0.717, 1.165) is 67.2 Å². The van der Waals surface area contributed by atoms with E-state index in [2.05, 4.69) is 27.4 Å². The van der Waals surface area contributed by atoms with E-state index in [-0.39, 0.29) is 17.8 Å². The van der Waals surface area contributed by atoms with Crippen LogP contribution in [0.3, 0.4) is 0 Å². The molecule has 2 aliphatic carbocycles. The largest absolute Gasteiger partial charge is 0.496 e. The Hall–Kier alpha value is -3.19. The lowest BCUT2D eigenvalue weighted by Crippen LogP contribution is -2.48. The van der Waals surface area contributed by atoms with E-state index in [1.165, 1.54) is 24.1 Å². The molecule has 0 radical (unpaired) electrons. The molecule has 1 saturated carbocycles. The number of nitrogens with one attached hydrogen (secondary N) is 2. The first-order valence-electron chi connectivity index (χ1n) is 12.5. The molecule has 0 aliphatic heterocycles. The maximum Gasteiger partial charge on any atom is 0.320 e. The van der Waals surface area contributed by atoms with Gasteiger partial charge in [-0.3, -0.25) is 4.79 Å². The highest BCUT2D eigenvalue weighted by Crippen LogP contribution is 2.37. The molecule has 2 aliphatic rings. The first-order chi connectivity index (χ1) is 17.0. The van der Waals surface area contributed by atoms with E-state index >= 15 is 0 Å². The number of carbonyl (C=O) groups is 1. The highest BCUT2D eigenvalue weighted by molar-refractivity contribution is 5.96. The molecular formula is C28H32FN3O3. The van der Waals surface area contributed by atoms with Gasteiger partial charge in [-0.15, -0.1) is 0 Å². The van der Waals surface area contributed by atoms with Crippen LogP contribution in [0, 0.1) is 11.7 Å². The van der Waals surface area contributed by atoms with Gasteiger partial charge in [0.1, 0.15) is 23.3 Å². The zero-order chi connectivity index (χ0) is 24.4. The summed E-state index contributed by atoms with van der Waals surface area (Å²) in [5, 5.41) is 14.2. The molecule has 0 spiro atoms. The van der Waals surface area contributed by atoms with Crippen molar-refractivity contribution in [3.8, 4) is 16.9 Å². The van der Waals surface area contributed by atoms with E-state index in [1.54, 1.807) is 19.4 Å². The molecule has 6 nitrogen and oxygen atoms in total. The normalized spacial score (nSPS) is 19.9. The van der Waals surface area contributed by atoms with E-state index in [4.69, 9.17) is 4.74 Å². The third kappa shape index (κ3) is 4.96. The average molecular weight is 478 g/mol. The lowest BCUT2D eigenvalue weighted by atomic mass is 9.83. The molecule has 2 heterocycles. The van der Waals surface area contributed by atoms with Gasteiger partial charge in [0.25, 0.3) is 0 Å². The Bertz CT molecular complexity index is 1250. The molecule has 2 atom stereocenters. The Morgan fingerprint density at radius 2 is 2.00 bits per heavy atom. The van der Waals surface area contributed by atoms with Crippen LogP contribution in [-0.2, 0) is 4.79 Å². The Kier molecular flexibility index (Phi) is 6.86. The standard InChI is InChI=1S/C28H32FN3O3/c1-35-25-12-9-19(29)15-22(25)21-13-14-30-27-23(21)16-24(32-27)17-7-10-20(11-8-17)31-26(28(33)34)18-5-3-2-4-6-18/h7,9,12-16,18,20,26,31H,2-6,8,10-11H2,1H3,(H,30,32)(H,33,34)/t20?,26-/m0/s1. The molecule has 1 fully saturated rings. The van der Waals surface area contributed by atoms with E-state index < -0.39 is 12.0 Å². The molecule has 7 heteroatoms. The van der Waals surface area contributed by atoms with Crippen LogP contribution in [0.15, 0.2) is 42.6 Å². The molecule has 1 aromatic carbocycles. The van der Waals surface area contributed by atoms with Gasteiger partial charge in [-0.1, -0.05) is 25.3 Å². The summed E-state index contributed by atoms with van der Waals surface area (Å²) in [4.78, 5) is 19.9. The number of rotatable bonds is 7. The second kappa shape index (κ2) is 10.2. The minimum absolute atomic E-state index is 0.163. The van der Waals surface area contributed by atoms with Gasteiger partial charge in [0.2, 0.25) is 0 Å². The smallest absolute Gasteiger partial charge is 0.320 e. The maximum absolute atomic E-state index is 14.0. The molecule has 1 unspecified atom stereocenters. The third-order valence-electron chi connectivity index (χ3n) is 7.54. The van der Waals surface area contributed by atoms with Crippen LogP contribution in [0.2, 0.25) is 0 Å². The number of H-pyrrole nitrogens is 1. The Labute approximate surface area is 204 Å². The average Bonchev–Trinajstić information content (AvgIpc) is 3.32. The van der Waals surface area contributed by atoms with Gasteiger partial charge < -0.3 is 20.1 Å². The van der Waals surface area contributed by atoms with Gasteiger partial charge in [0, 0.05) is 28.9 Å². The van der Waals surface area contributed by atoms with Crippen molar-refractivity contribution in [2.24, 2.45) is 5.92 Å². The van der Waals surface area contributed by atoms with Crippen molar-refractivity contribution in [3.63, 3.8) is 0 Å². The number of nitrogens with zero attached hydrogens (tertiary/aromatic N) is 1. The summed E-state index contributed by atoms with van der Waals surface area (Å²) < 4.78 is 19.5. The molecule has 2 aromatic heterocycles. The fraction of sp³-hybridized carbons (Fsp3) is 0.429. The number of hydrogen-bond donors (Lipinski definition) is 3. The molecule has 3 N–H and O–H groups in total. The number of aromatic nitrogens is 2. The van der Waals surface area contributed by atoms with Crippen LogP contribution in [0.25, 0.3) is 27.7 Å². The summed E-state index contributed by atoms with van der Waals surface area (Å²) in [6.07, 6.45) is 11.9. The number of ether oxygens (including phenoxy) is 1. The minimum atomic E-state index is -0.728. The predicted octanol–water partition coefficient (Wildman–Crippen LogP) is 5.94. The summed E-state index contributed by atoms with van der Waals surface area (Å²) in [5.41, 5.74) is 4.49. The molecule has 35 heavy (non-hydrogen) atoms. The fourth-order valence-corrected chi connectivity index (χ4v) is 5.69. The Morgan fingerprint density at radius 1 is 1.17 bits per heavy atom. The van der Waals surface area contributed by atoms with Crippen LogP contribution in [-0.4, -0.2) is 40.2 Å². The van der Waals surface area contributed by atoms with E-state index in [1.807, 2.05) is 6.07 Å². The minimum Gasteiger partial charge on any atom is -0.496 e. The summed E-state index contributed by atoms with van der Waals surface area (Å²) in [6, 6.07) is 8.17. The van der Waals surface area contributed by atoms with E-state index in [0.29, 0.717) is 11.3 Å². The van der Waals surface area contributed by atoms with Crippen molar-refractivity contribution >= 4 is 22.6 Å². The van der Waals surface area contributed by atoms with Crippen LogP contribution in [0.5, 0.6) is 5.75 Å². The van der Waals surface area contributed by atoms with Crippen molar-refractivity contribution in [2.75, 3.05) is 7.11 Å². The van der Waals surface area contributed by atoms with Gasteiger partial charge in [0.15, 0.2) is 0 Å². The number of carboxylic acid groups (broad SMARTS) is 1. The molecule has 3 aromatic rings. The zero-order valence-electron chi connectivity index (χ0n) is 20.0. The lowest BCUT2D eigenvalue weighted by molar-refractivity contribution is -0.141. The fourth-order valence-electron chi connectivity index (χ4n) is 5.69. The SMILES string of the molecule is COc1ccc(F)cc1-c1ccnc2[nH]c(C3=CCC(N[C@H](C(=O)O)C4CCCCC4)CC3)cc12. The number of halogens is 1. The summed E-state index contributed by atoms with van der Waals surface area (Å²) in [6.45, 7) is 0. The quantitative estimate of drug-likeness (QED) is 0.392. The van der Waals surface area contributed by atoms with Crippen LogP contribution in [0.1, 0.15) is 57.1 Å². The highest BCUT2D eigenvalue weighted by atomic mass is 19.1. The summed E-state index contributed by atoms with van der Waals surface area (Å²) >= 11 is 0. The van der Waals surface area contributed by atoms with Crippen LogP contribution in [0.4, 0.5) is 4.39 Å². The van der Waals surface area contributed by atoms with Gasteiger partial charge >= 0.3 is 5.97 Å². The number of pyridine rings is 1. The number of aliphatic carboxylic acids is 1. The molecular weight excluding hydrogens is 445 g/mol. The number of fused-ring (bicyclic) bond motifs is 1. The zero-order valence-corrected chi connectivity index (χ0v) is 20.0. The Morgan fingerprint density at radius 3 is 2.71 bits per heavy atom. The number of methoxy groups -OCH3 is 1. The van der Waals surface area contributed by atoms with Gasteiger partial charge in [-0.25, -0.2) is 9.37 Å². The van der Waals surface area contributed by atoms with Gasteiger partial charge in [-0.05, 0) is 79.5 Å². The first kappa shape index (κ1) is 23.5. The topological polar surface area (TPSA) is 87.2 Å². The number of carboxylic acids is 1. The third-order valence-corrected chi connectivity index (χ3v) is 7.54. The van der Waals surface area contributed by atoms with Crippen LogP contribution >= 0.6 is 0 Å². The monoisotopic (exact) mass is 477 g/mol. The molecule has 184 valence electrons. The number of hydrogen-bond acceptors (Lipinski definition) is 4. The van der Waals surface area contributed by atoms with Crippen molar-refractivity contribution in [1.82, 2.24) is 15.3 Å². The van der Waals surface area contributed by atoms with Crippen LogP contribution < -0.4 is 10.1 Å². The number of benzene rings is 1. The lowest BCUT2D eigenvalue weighted by Gasteiger charge is -2.32.